The van der Waals surface area contributed by atoms with Gasteiger partial charge in [0, 0.05) is 18.6 Å². The number of esters is 1. The standard InChI is InChI=1S/C19H18O6/c1-12(18(20)23-10-9-22-2)24-13-7-8-15-14-5-3-4-6-16(14)19(21)25-17(15)11-13/h3-8,11-12H,9-10H2,1-2H3/t12-/m1/s1. The minimum absolute atomic E-state index is 0.168. The van der Waals surface area contributed by atoms with Gasteiger partial charge in [-0.15, -0.1) is 0 Å². The second-order valence-corrected chi connectivity index (χ2v) is 5.51. The van der Waals surface area contributed by atoms with Crippen molar-refractivity contribution in [3.63, 3.8) is 0 Å². The summed E-state index contributed by atoms with van der Waals surface area (Å²) in [6.07, 6.45) is -0.790. The normalized spacial score (nSPS) is 12.2. The lowest BCUT2D eigenvalue weighted by molar-refractivity contribution is -0.152. The van der Waals surface area contributed by atoms with Crippen LogP contribution in [0, 0.1) is 0 Å². The molecule has 3 rings (SSSR count). The lowest BCUT2D eigenvalue weighted by Gasteiger charge is -2.14. The topological polar surface area (TPSA) is 75.0 Å². The first-order valence-corrected chi connectivity index (χ1v) is 7.88. The van der Waals surface area contributed by atoms with Gasteiger partial charge in [-0.25, -0.2) is 9.59 Å². The van der Waals surface area contributed by atoms with Gasteiger partial charge in [0.1, 0.15) is 17.9 Å². The Balaban J connectivity index is 1.85. The Morgan fingerprint density at radius 3 is 2.60 bits per heavy atom. The predicted molar refractivity (Wildman–Crippen MR) is 92.9 cm³/mol. The maximum atomic E-state index is 12.1. The molecule has 6 nitrogen and oxygen atoms in total. The van der Waals surface area contributed by atoms with Crippen LogP contribution in [0.25, 0.3) is 21.7 Å². The zero-order valence-electron chi connectivity index (χ0n) is 14.0. The number of rotatable bonds is 6. The van der Waals surface area contributed by atoms with Gasteiger partial charge in [0.2, 0.25) is 0 Å². The van der Waals surface area contributed by atoms with Crippen LogP contribution in [0.2, 0.25) is 0 Å². The lowest BCUT2D eigenvalue weighted by Crippen LogP contribution is -2.27. The average molecular weight is 342 g/mol. The van der Waals surface area contributed by atoms with Crippen LogP contribution in [0.1, 0.15) is 6.92 Å². The Bertz CT molecular complexity index is 959. The Kier molecular flexibility index (Phi) is 5.00. The van der Waals surface area contributed by atoms with Crippen molar-refractivity contribution in [2.45, 2.75) is 13.0 Å². The van der Waals surface area contributed by atoms with Gasteiger partial charge in [-0.1, -0.05) is 18.2 Å². The molecule has 1 atom stereocenters. The monoisotopic (exact) mass is 342 g/mol. The zero-order valence-corrected chi connectivity index (χ0v) is 14.0. The van der Waals surface area contributed by atoms with E-state index in [1.807, 2.05) is 12.1 Å². The molecule has 0 bridgehead atoms. The van der Waals surface area contributed by atoms with Crippen molar-refractivity contribution in [3.05, 3.63) is 52.9 Å². The fourth-order valence-corrected chi connectivity index (χ4v) is 2.53. The maximum Gasteiger partial charge on any atom is 0.347 e. The third-order valence-electron chi connectivity index (χ3n) is 3.77. The Hall–Kier alpha value is -2.86. The third-order valence-corrected chi connectivity index (χ3v) is 3.77. The van der Waals surface area contributed by atoms with Gasteiger partial charge >= 0.3 is 11.6 Å². The molecule has 0 unspecified atom stereocenters. The van der Waals surface area contributed by atoms with E-state index in [4.69, 9.17) is 18.6 Å². The molecular formula is C19H18O6. The molecule has 0 aliphatic carbocycles. The molecule has 0 fully saturated rings. The number of carbonyl (C=O) groups excluding carboxylic acids is 1. The third kappa shape index (κ3) is 3.64. The van der Waals surface area contributed by atoms with E-state index in [0.29, 0.717) is 23.3 Å². The minimum atomic E-state index is -0.790. The van der Waals surface area contributed by atoms with Crippen LogP contribution in [-0.4, -0.2) is 32.4 Å². The molecule has 25 heavy (non-hydrogen) atoms. The van der Waals surface area contributed by atoms with Crippen LogP contribution >= 0.6 is 0 Å². The number of hydrogen-bond acceptors (Lipinski definition) is 6. The first-order valence-electron chi connectivity index (χ1n) is 7.88. The molecule has 6 heteroatoms. The summed E-state index contributed by atoms with van der Waals surface area (Å²) in [4.78, 5) is 23.9. The molecular weight excluding hydrogens is 324 g/mol. The van der Waals surface area contributed by atoms with Crippen molar-refractivity contribution in [2.75, 3.05) is 20.3 Å². The van der Waals surface area contributed by atoms with E-state index in [0.717, 1.165) is 10.8 Å². The van der Waals surface area contributed by atoms with Gasteiger partial charge in [0.15, 0.2) is 6.10 Å². The highest BCUT2D eigenvalue weighted by atomic mass is 16.6. The first kappa shape index (κ1) is 17.0. The molecule has 1 aromatic heterocycles. The van der Waals surface area contributed by atoms with E-state index in [1.54, 1.807) is 37.3 Å². The molecule has 0 saturated carbocycles. The van der Waals surface area contributed by atoms with E-state index < -0.39 is 17.7 Å². The Morgan fingerprint density at radius 2 is 1.84 bits per heavy atom. The molecule has 0 N–H and O–H groups in total. The number of ether oxygens (including phenoxy) is 3. The van der Waals surface area contributed by atoms with E-state index in [1.165, 1.54) is 7.11 Å². The predicted octanol–water partition coefficient (Wildman–Crippen LogP) is 2.90. The van der Waals surface area contributed by atoms with Crippen LogP contribution in [0.5, 0.6) is 5.75 Å². The second-order valence-electron chi connectivity index (χ2n) is 5.51. The van der Waals surface area contributed by atoms with Crippen molar-refractivity contribution < 1.29 is 23.4 Å². The van der Waals surface area contributed by atoms with Crippen molar-refractivity contribution in [1.29, 1.82) is 0 Å². The maximum absolute atomic E-state index is 12.1. The molecule has 0 radical (unpaired) electrons. The van der Waals surface area contributed by atoms with E-state index >= 15 is 0 Å². The summed E-state index contributed by atoms with van der Waals surface area (Å²) in [7, 11) is 1.53. The molecule has 0 saturated heterocycles. The summed E-state index contributed by atoms with van der Waals surface area (Å²) in [5.74, 6) is -0.0702. The van der Waals surface area contributed by atoms with Gasteiger partial charge in [0.05, 0.1) is 12.0 Å². The molecule has 130 valence electrons. The molecule has 0 amide bonds. The SMILES string of the molecule is COCCOC(=O)[C@@H](C)Oc1ccc2c(c1)oc(=O)c1ccccc12. The highest BCUT2D eigenvalue weighted by molar-refractivity contribution is 6.04. The van der Waals surface area contributed by atoms with Gasteiger partial charge in [0.25, 0.3) is 0 Å². The first-order chi connectivity index (χ1) is 12.1. The van der Waals surface area contributed by atoms with E-state index in [9.17, 15) is 9.59 Å². The van der Waals surface area contributed by atoms with Crippen LogP contribution in [-0.2, 0) is 14.3 Å². The van der Waals surface area contributed by atoms with Crippen molar-refractivity contribution in [3.8, 4) is 5.75 Å². The molecule has 0 aliphatic heterocycles. The lowest BCUT2D eigenvalue weighted by atomic mass is 10.1. The van der Waals surface area contributed by atoms with Gasteiger partial charge in [-0.05, 0) is 30.5 Å². The number of fused-ring (bicyclic) bond motifs is 3. The van der Waals surface area contributed by atoms with E-state index in [2.05, 4.69) is 0 Å². The average Bonchev–Trinajstić information content (AvgIpc) is 2.62. The van der Waals surface area contributed by atoms with Crippen molar-refractivity contribution in [2.24, 2.45) is 0 Å². The van der Waals surface area contributed by atoms with E-state index in [-0.39, 0.29) is 6.61 Å². The van der Waals surface area contributed by atoms with Crippen LogP contribution in [0.15, 0.2) is 51.7 Å². The van der Waals surface area contributed by atoms with Crippen molar-refractivity contribution >= 4 is 27.7 Å². The van der Waals surface area contributed by atoms with Crippen LogP contribution in [0.4, 0.5) is 0 Å². The number of carbonyl (C=O) groups is 1. The highest BCUT2D eigenvalue weighted by Crippen LogP contribution is 2.26. The zero-order chi connectivity index (χ0) is 17.8. The van der Waals surface area contributed by atoms with Crippen LogP contribution in [0.3, 0.4) is 0 Å². The van der Waals surface area contributed by atoms with Crippen LogP contribution < -0.4 is 10.4 Å². The summed E-state index contributed by atoms with van der Waals surface area (Å²) in [6.45, 7) is 2.09. The molecule has 0 aliphatic rings. The van der Waals surface area contributed by atoms with Gasteiger partial charge < -0.3 is 18.6 Å². The number of methoxy groups -OCH3 is 1. The summed E-state index contributed by atoms with van der Waals surface area (Å²) in [6, 6.07) is 12.4. The summed E-state index contributed by atoms with van der Waals surface area (Å²) < 4.78 is 20.8. The Labute approximate surface area is 143 Å². The largest absolute Gasteiger partial charge is 0.479 e. The molecule has 0 spiro atoms. The quantitative estimate of drug-likeness (QED) is 0.297. The van der Waals surface area contributed by atoms with Gasteiger partial charge in [-0.3, -0.25) is 0 Å². The minimum Gasteiger partial charge on any atom is -0.479 e. The highest BCUT2D eigenvalue weighted by Gasteiger charge is 2.17. The Morgan fingerprint density at radius 1 is 1.08 bits per heavy atom. The summed E-state index contributed by atoms with van der Waals surface area (Å²) in [5, 5.41) is 2.14. The number of hydrogen-bond donors (Lipinski definition) is 0. The fourth-order valence-electron chi connectivity index (χ4n) is 2.53. The summed E-state index contributed by atoms with van der Waals surface area (Å²) in [5.41, 5.74) is -0.00609. The number of benzene rings is 2. The molecule has 3 aromatic rings. The smallest absolute Gasteiger partial charge is 0.347 e. The van der Waals surface area contributed by atoms with Crippen molar-refractivity contribution in [1.82, 2.24) is 0 Å². The second kappa shape index (κ2) is 7.36. The van der Waals surface area contributed by atoms with Gasteiger partial charge in [-0.2, -0.15) is 0 Å². The summed E-state index contributed by atoms with van der Waals surface area (Å²) >= 11 is 0. The molecule has 2 aromatic carbocycles. The fraction of sp³-hybridized carbons (Fsp3) is 0.263. The molecule has 1 heterocycles.